The van der Waals surface area contributed by atoms with Gasteiger partial charge in [0, 0.05) is 25.0 Å². The van der Waals surface area contributed by atoms with Crippen molar-refractivity contribution in [3.05, 3.63) is 12.4 Å². The van der Waals surface area contributed by atoms with Gasteiger partial charge in [-0.1, -0.05) is 26.7 Å². The van der Waals surface area contributed by atoms with Crippen LogP contribution in [0.5, 0.6) is 0 Å². The van der Waals surface area contributed by atoms with Gasteiger partial charge in [-0.15, -0.1) is 0 Å². The molecular formula is C13H23N3. The fourth-order valence-corrected chi connectivity index (χ4v) is 1.98. The molecule has 1 aliphatic rings. The number of nitrogens with one attached hydrogen (secondary N) is 1. The van der Waals surface area contributed by atoms with Crippen LogP contribution in [0, 0.1) is 5.92 Å². The number of hydrogen-bond donors (Lipinski definition) is 1. The summed E-state index contributed by atoms with van der Waals surface area (Å²) in [5.41, 5.74) is 0. The molecule has 3 heteroatoms. The lowest BCUT2D eigenvalue weighted by Crippen LogP contribution is -2.08. The van der Waals surface area contributed by atoms with E-state index < -0.39 is 0 Å². The molecule has 0 bridgehead atoms. The summed E-state index contributed by atoms with van der Waals surface area (Å²) in [4.78, 5) is 4.36. The van der Waals surface area contributed by atoms with E-state index in [1.807, 2.05) is 6.20 Å². The molecule has 0 unspecified atom stereocenters. The minimum Gasteiger partial charge on any atom is -0.356 e. The SMILES string of the molecule is CC(C)CCCCNc1nccn1C1CC1. The van der Waals surface area contributed by atoms with Crippen molar-refractivity contribution in [1.82, 2.24) is 9.55 Å². The lowest BCUT2D eigenvalue weighted by atomic mass is 10.1. The molecule has 1 fully saturated rings. The van der Waals surface area contributed by atoms with Crippen LogP contribution in [0.15, 0.2) is 12.4 Å². The molecule has 0 amide bonds. The Kier molecular flexibility index (Phi) is 3.86. The Morgan fingerprint density at radius 1 is 1.44 bits per heavy atom. The largest absolute Gasteiger partial charge is 0.356 e. The molecule has 0 aromatic carbocycles. The molecule has 1 aliphatic carbocycles. The maximum atomic E-state index is 4.36. The van der Waals surface area contributed by atoms with Gasteiger partial charge in [0.05, 0.1) is 0 Å². The lowest BCUT2D eigenvalue weighted by molar-refractivity contribution is 0.544. The molecular weight excluding hydrogens is 198 g/mol. The zero-order chi connectivity index (χ0) is 11.4. The normalized spacial score (nSPS) is 15.7. The van der Waals surface area contributed by atoms with Crippen LogP contribution in [-0.4, -0.2) is 16.1 Å². The Morgan fingerprint density at radius 3 is 2.94 bits per heavy atom. The van der Waals surface area contributed by atoms with E-state index >= 15 is 0 Å². The third-order valence-corrected chi connectivity index (χ3v) is 3.10. The fraction of sp³-hybridized carbons (Fsp3) is 0.769. The smallest absolute Gasteiger partial charge is 0.203 e. The molecule has 1 N–H and O–H groups in total. The van der Waals surface area contributed by atoms with Crippen LogP contribution in [0.3, 0.4) is 0 Å². The Hall–Kier alpha value is -0.990. The third kappa shape index (κ3) is 3.26. The summed E-state index contributed by atoms with van der Waals surface area (Å²) in [6, 6.07) is 0.723. The topological polar surface area (TPSA) is 29.9 Å². The predicted molar refractivity (Wildman–Crippen MR) is 67.7 cm³/mol. The van der Waals surface area contributed by atoms with Crippen LogP contribution in [0.2, 0.25) is 0 Å². The first-order chi connectivity index (χ1) is 7.77. The van der Waals surface area contributed by atoms with Crippen molar-refractivity contribution in [2.75, 3.05) is 11.9 Å². The van der Waals surface area contributed by atoms with Crippen LogP contribution in [-0.2, 0) is 0 Å². The van der Waals surface area contributed by atoms with E-state index in [1.54, 1.807) is 0 Å². The summed E-state index contributed by atoms with van der Waals surface area (Å²) in [6.45, 7) is 5.62. The lowest BCUT2D eigenvalue weighted by Gasteiger charge is -2.09. The third-order valence-electron chi connectivity index (χ3n) is 3.10. The molecule has 2 rings (SSSR count). The zero-order valence-corrected chi connectivity index (χ0v) is 10.4. The van der Waals surface area contributed by atoms with Gasteiger partial charge in [-0.3, -0.25) is 0 Å². The summed E-state index contributed by atoms with van der Waals surface area (Å²) in [7, 11) is 0. The van der Waals surface area contributed by atoms with Gasteiger partial charge >= 0.3 is 0 Å². The molecule has 0 saturated heterocycles. The van der Waals surface area contributed by atoms with Crippen LogP contribution < -0.4 is 5.32 Å². The number of rotatable bonds is 7. The molecule has 1 aromatic heterocycles. The first kappa shape index (κ1) is 11.5. The maximum Gasteiger partial charge on any atom is 0.203 e. The van der Waals surface area contributed by atoms with E-state index in [2.05, 4.69) is 34.9 Å². The minimum atomic E-state index is 0.723. The highest BCUT2D eigenvalue weighted by atomic mass is 15.2. The Morgan fingerprint density at radius 2 is 2.25 bits per heavy atom. The highest BCUT2D eigenvalue weighted by Gasteiger charge is 2.25. The van der Waals surface area contributed by atoms with Gasteiger partial charge in [0.15, 0.2) is 0 Å². The van der Waals surface area contributed by atoms with Gasteiger partial charge in [0.2, 0.25) is 5.95 Å². The summed E-state index contributed by atoms with van der Waals surface area (Å²) in [6.07, 6.45) is 10.5. The molecule has 0 aliphatic heterocycles. The minimum absolute atomic E-state index is 0.723. The number of anilines is 1. The van der Waals surface area contributed by atoms with Gasteiger partial charge in [-0.25, -0.2) is 4.98 Å². The quantitative estimate of drug-likeness (QED) is 0.715. The average molecular weight is 221 g/mol. The van der Waals surface area contributed by atoms with Crippen molar-refractivity contribution >= 4 is 5.95 Å². The molecule has 1 aromatic rings. The number of hydrogen-bond acceptors (Lipinski definition) is 2. The Labute approximate surface area is 98.3 Å². The molecule has 16 heavy (non-hydrogen) atoms. The molecule has 1 saturated carbocycles. The van der Waals surface area contributed by atoms with E-state index in [0.29, 0.717) is 0 Å². The second-order valence-corrected chi connectivity index (χ2v) is 5.21. The first-order valence-corrected chi connectivity index (χ1v) is 6.54. The van der Waals surface area contributed by atoms with E-state index in [1.165, 1.54) is 32.1 Å². The van der Waals surface area contributed by atoms with Crippen molar-refractivity contribution in [1.29, 1.82) is 0 Å². The van der Waals surface area contributed by atoms with Crippen LogP contribution in [0.4, 0.5) is 5.95 Å². The van der Waals surface area contributed by atoms with Crippen molar-refractivity contribution < 1.29 is 0 Å². The van der Waals surface area contributed by atoms with E-state index in [0.717, 1.165) is 24.5 Å². The number of imidazole rings is 1. The first-order valence-electron chi connectivity index (χ1n) is 6.54. The maximum absolute atomic E-state index is 4.36. The van der Waals surface area contributed by atoms with Crippen molar-refractivity contribution in [3.63, 3.8) is 0 Å². The summed E-state index contributed by atoms with van der Waals surface area (Å²) in [5.74, 6) is 1.89. The van der Waals surface area contributed by atoms with Gasteiger partial charge in [0.1, 0.15) is 0 Å². The van der Waals surface area contributed by atoms with Crippen molar-refractivity contribution in [2.45, 2.75) is 52.0 Å². The van der Waals surface area contributed by atoms with Crippen LogP contribution >= 0.6 is 0 Å². The van der Waals surface area contributed by atoms with Crippen LogP contribution in [0.1, 0.15) is 52.0 Å². The van der Waals surface area contributed by atoms with Crippen molar-refractivity contribution in [2.24, 2.45) is 5.92 Å². The molecule has 3 nitrogen and oxygen atoms in total. The monoisotopic (exact) mass is 221 g/mol. The second kappa shape index (κ2) is 5.37. The second-order valence-electron chi connectivity index (χ2n) is 5.21. The molecule has 1 heterocycles. The Bertz CT molecular complexity index is 313. The summed E-state index contributed by atoms with van der Waals surface area (Å²) >= 11 is 0. The van der Waals surface area contributed by atoms with Gasteiger partial charge in [-0.2, -0.15) is 0 Å². The zero-order valence-electron chi connectivity index (χ0n) is 10.4. The molecule has 0 radical (unpaired) electrons. The van der Waals surface area contributed by atoms with Gasteiger partial charge in [0.25, 0.3) is 0 Å². The molecule has 0 atom stereocenters. The fourth-order valence-electron chi connectivity index (χ4n) is 1.98. The highest BCUT2D eigenvalue weighted by Crippen LogP contribution is 2.36. The van der Waals surface area contributed by atoms with Gasteiger partial charge in [-0.05, 0) is 25.2 Å². The standard InChI is InChI=1S/C13H23N3/c1-11(2)5-3-4-8-14-13-15-9-10-16(13)12-6-7-12/h9-12H,3-8H2,1-2H3,(H,14,15). The molecule has 0 spiro atoms. The van der Waals surface area contributed by atoms with Crippen molar-refractivity contribution in [3.8, 4) is 0 Å². The number of unbranched alkanes of at least 4 members (excludes halogenated alkanes) is 1. The van der Waals surface area contributed by atoms with Gasteiger partial charge < -0.3 is 9.88 Å². The van der Waals surface area contributed by atoms with E-state index in [4.69, 9.17) is 0 Å². The molecule has 90 valence electrons. The summed E-state index contributed by atoms with van der Waals surface area (Å²) in [5, 5.41) is 3.44. The number of aromatic nitrogens is 2. The Balaban J connectivity index is 1.67. The van der Waals surface area contributed by atoms with E-state index in [9.17, 15) is 0 Å². The van der Waals surface area contributed by atoms with E-state index in [-0.39, 0.29) is 0 Å². The average Bonchev–Trinajstić information content (AvgIpc) is 2.98. The predicted octanol–water partition coefficient (Wildman–Crippen LogP) is 3.46. The summed E-state index contributed by atoms with van der Waals surface area (Å²) < 4.78 is 2.28. The van der Waals surface area contributed by atoms with Crippen LogP contribution in [0.25, 0.3) is 0 Å². The highest BCUT2D eigenvalue weighted by molar-refractivity contribution is 5.27. The number of nitrogens with zero attached hydrogens (tertiary/aromatic N) is 2.